The Morgan fingerprint density at radius 1 is 1.16 bits per heavy atom. The van der Waals surface area contributed by atoms with E-state index in [0.717, 1.165) is 5.56 Å². The van der Waals surface area contributed by atoms with Gasteiger partial charge in [-0.15, -0.1) is 0 Å². The topological polar surface area (TPSA) is 109 Å². The van der Waals surface area contributed by atoms with Crippen LogP contribution in [0.4, 0.5) is 0 Å². The molecule has 0 spiro atoms. The number of benzene rings is 1. The summed E-state index contributed by atoms with van der Waals surface area (Å²) < 4.78 is 4.85. The average molecular weight is 421 g/mol. The minimum Gasteiger partial charge on any atom is -0.469 e. The zero-order valence-electron chi connectivity index (χ0n) is 18.8. The summed E-state index contributed by atoms with van der Waals surface area (Å²) in [6, 6.07) is 7.41. The third-order valence-electron chi connectivity index (χ3n) is 5.17. The molecule has 0 aliphatic carbocycles. The van der Waals surface area contributed by atoms with Crippen molar-refractivity contribution in [1.29, 1.82) is 5.41 Å². The molecule has 0 atom stereocenters. The molecular formula is C24H28N4O3. The normalized spacial score (nSPS) is 12.1. The number of methoxy groups -OCH3 is 1. The Labute approximate surface area is 181 Å². The highest BCUT2D eigenvalue weighted by Crippen LogP contribution is 2.28. The maximum atomic E-state index is 12.8. The molecule has 0 amide bonds. The van der Waals surface area contributed by atoms with Gasteiger partial charge in [0.05, 0.1) is 30.0 Å². The van der Waals surface area contributed by atoms with Crippen LogP contribution in [0.5, 0.6) is 0 Å². The molecule has 7 heteroatoms. The Balaban J connectivity index is 1.96. The Kier molecular flexibility index (Phi) is 5.81. The van der Waals surface area contributed by atoms with Crippen LogP contribution in [0, 0.1) is 16.2 Å². The van der Waals surface area contributed by atoms with Crippen LogP contribution in [0.15, 0.2) is 36.7 Å². The minimum atomic E-state index is -0.798. The first kappa shape index (κ1) is 22.3. The van der Waals surface area contributed by atoms with E-state index < -0.39 is 10.8 Å². The summed E-state index contributed by atoms with van der Waals surface area (Å²) in [5, 5.41) is 8.48. The van der Waals surface area contributed by atoms with E-state index in [2.05, 4.69) is 9.97 Å². The second kappa shape index (κ2) is 8.06. The van der Waals surface area contributed by atoms with Gasteiger partial charge in [-0.05, 0) is 25.5 Å². The lowest BCUT2D eigenvalue weighted by Gasteiger charge is -2.21. The van der Waals surface area contributed by atoms with Crippen molar-refractivity contribution in [3.05, 3.63) is 47.8 Å². The zero-order valence-corrected chi connectivity index (χ0v) is 18.8. The highest BCUT2D eigenvalue weighted by Gasteiger charge is 2.30. The van der Waals surface area contributed by atoms with Crippen LogP contribution < -0.4 is 0 Å². The third-order valence-corrected chi connectivity index (χ3v) is 5.17. The summed E-state index contributed by atoms with van der Waals surface area (Å²) in [4.78, 5) is 36.9. The van der Waals surface area contributed by atoms with Crippen molar-refractivity contribution < 1.29 is 14.3 Å². The van der Waals surface area contributed by atoms with Gasteiger partial charge in [0.1, 0.15) is 5.52 Å². The molecule has 3 aromatic rings. The number of hydrogen-bond acceptors (Lipinski definition) is 6. The Hall–Kier alpha value is -3.35. The summed E-state index contributed by atoms with van der Waals surface area (Å²) in [6.07, 6.45) is 3.55. The van der Waals surface area contributed by atoms with Crippen LogP contribution in [0.25, 0.3) is 22.4 Å². The first-order chi connectivity index (χ1) is 14.4. The van der Waals surface area contributed by atoms with Gasteiger partial charge in [-0.1, -0.05) is 39.0 Å². The summed E-state index contributed by atoms with van der Waals surface area (Å²) in [7, 11) is 1.35. The quantitative estimate of drug-likeness (QED) is 0.338. The van der Waals surface area contributed by atoms with E-state index in [1.165, 1.54) is 7.11 Å². The molecule has 0 saturated heterocycles. The van der Waals surface area contributed by atoms with Crippen LogP contribution in [0.3, 0.4) is 0 Å². The fraction of sp³-hybridized carbons (Fsp3) is 0.375. The molecule has 31 heavy (non-hydrogen) atoms. The van der Waals surface area contributed by atoms with E-state index in [1.54, 1.807) is 26.2 Å². The number of fused-ring (bicyclic) bond motifs is 1. The van der Waals surface area contributed by atoms with Crippen molar-refractivity contribution in [2.24, 2.45) is 10.8 Å². The molecule has 1 aromatic carbocycles. The number of carbonyl (C=O) groups excluding carboxylic acids is 2. The molecule has 3 rings (SSSR count). The molecule has 2 heterocycles. The molecular weight excluding hydrogens is 392 g/mol. The second-order valence-electron chi connectivity index (χ2n) is 9.35. The number of carbonyl (C=O) groups is 2. The van der Waals surface area contributed by atoms with Crippen molar-refractivity contribution in [2.45, 2.75) is 41.0 Å². The number of ketones is 1. The predicted molar refractivity (Wildman–Crippen MR) is 120 cm³/mol. The summed E-state index contributed by atoms with van der Waals surface area (Å²) in [5.41, 5.74) is 2.68. The maximum Gasteiger partial charge on any atom is 0.311 e. The molecule has 0 aliphatic heterocycles. The third kappa shape index (κ3) is 4.55. The van der Waals surface area contributed by atoms with Crippen LogP contribution in [-0.2, 0) is 9.53 Å². The first-order valence-electron chi connectivity index (χ1n) is 10.1. The van der Waals surface area contributed by atoms with E-state index in [-0.39, 0.29) is 18.2 Å². The number of aromatic amines is 1. The highest BCUT2D eigenvalue weighted by molar-refractivity contribution is 6.08. The fourth-order valence-corrected chi connectivity index (χ4v) is 3.37. The van der Waals surface area contributed by atoms with Crippen LogP contribution in [0.2, 0.25) is 0 Å². The number of nitrogens with zero attached hydrogens (tertiary/aromatic N) is 2. The molecule has 2 N–H and O–H groups in total. The molecule has 0 unspecified atom stereocenters. The SMILES string of the molecule is COC(=O)C(C)(C)CC(=N)c1cccc(-c2cnc3[nH]cc(C(=O)C(C)(C)C)c3n2)c1. The highest BCUT2D eigenvalue weighted by atomic mass is 16.5. The van der Waals surface area contributed by atoms with Gasteiger partial charge in [0.25, 0.3) is 0 Å². The van der Waals surface area contributed by atoms with E-state index in [4.69, 9.17) is 15.1 Å². The number of esters is 1. The molecule has 162 valence electrons. The number of hydrogen-bond donors (Lipinski definition) is 2. The first-order valence-corrected chi connectivity index (χ1v) is 10.1. The Bertz CT molecular complexity index is 1170. The molecule has 0 radical (unpaired) electrons. The second-order valence-corrected chi connectivity index (χ2v) is 9.35. The van der Waals surface area contributed by atoms with Crippen LogP contribution >= 0.6 is 0 Å². The standard InChI is InChI=1S/C24H28N4O3/c1-23(2,3)20(29)16-12-26-21-19(16)28-18(13-27-21)15-9-7-8-14(10-15)17(25)11-24(4,5)22(30)31-6/h7-10,12-13,25H,11H2,1-6H3,(H,26,27). The van der Waals surface area contributed by atoms with Crippen molar-refractivity contribution in [1.82, 2.24) is 15.0 Å². The van der Waals surface area contributed by atoms with Crippen molar-refractivity contribution in [3.8, 4) is 11.3 Å². The lowest BCUT2D eigenvalue weighted by atomic mass is 9.85. The van der Waals surface area contributed by atoms with Crippen molar-refractivity contribution in [2.75, 3.05) is 7.11 Å². The molecule has 7 nitrogen and oxygen atoms in total. The molecule has 0 saturated carbocycles. The Morgan fingerprint density at radius 2 is 1.87 bits per heavy atom. The van der Waals surface area contributed by atoms with E-state index in [0.29, 0.717) is 33.7 Å². The minimum absolute atomic E-state index is 0.00855. The van der Waals surface area contributed by atoms with Gasteiger partial charge >= 0.3 is 5.97 Å². The van der Waals surface area contributed by atoms with Gasteiger partial charge in [0.2, 0.25) is 0 Å². The zero-order chi connectivity index (χ0) is 23.0. The number of H-pyrrole nitrogens is 1. The lowest BCUT2D eigenvalue weighted by Crippen LogP contribution is -2.28. The number of Topliss-reactive ketones (excluding diaryl/α,β-unsaturated/α-hetero) is 1. The van der Waals surface area contributed by atoms with Crippen LogP contribution in [-0.4, -0.2) is 39.5 Å². The molecule has 0 aliphatic rings. The van der Waals surface area contributed by atoms with E-state index in [1.807, 2.05) is 45.0 Å². The molecule has 0 fully saturated rings. The lowest BCUT2D eigenvalue weighted by molar-refractivity contribution is -0.150. The van der Waals surface area contributed by atoms with Gasteiger partial charge in [-0.3, -0.25) is 9.59 Å². The maximum absolute atomic E-state index is 12.8. The summed E-state index contributed by atoms with van der Waals surface area (Å²) in [6.45, 7) is 9.13. The smallest absolute Gasteiger partial charge is 0.311 e. The fourth-order valence-electron chi connectivity index (χ4n) is 3.37. The number of ether oxygens (including phenoxy) is 1. The van der Waals surface area contributed by atoms with Gasteiger partial charge < -0.3 is 15.1 Å². The largest absolute Gasteiger partial charge is 0.469 e. The molecule has 2 aromatic heterocycles. The van der Waals surface area contributed by atoms with Gasteiger partial charge in [-0.25, -0.2) is 9.97 Å². The van der Waals surface area contributed by atoms with Crippen molar-refractivity contribution in [3.63, 3.8) is 0 Å². The van der Waals surface area contributed by atoms with Gasteiger partial charge in [-0.2, -0.15) is 0 Å². The van der Waals surface area contributed by atoms with E-state index in [9.17, 15) is 9.59 Å². The predicted octanol–water partition coefficient (Wildman–Crippen LogP) is 4.81. The Morgan fingerprint density at radius 3 is 2.52 bits per heavy atom. The average Bonchev–Trinajstić information content (AvgIpc) is 3.14. The number of aromatic nitrogens is 3. The van der Waals surface area contributed by atoms with Crippen molar-refractivity contribution >= 4 is 28.6 Å². The summed E-state index contributed by atoms with van der Waals surface area (Å²) in [5.74, 6) is -0.362. The molecule has 0 bridgehead atoms. The number of rotatable bonds is 6. The van der Waals surface area contributed by atoms with Crippen LogP contribution in [0.1, 0.15) is 57.0 Å². The number of nitrogens with one attached hydrogen (secondary N) is 2. The summed E-state index contributed by atoms with van der Waals surface area (Å²) >= 11 is 0. The van der Waals surface area contributed by atoms with E-state index >= 15 is 0 Å². The van der Waals surface area contributed by atoms with Gasteiger partial charge in [0.15, 0.2) is 11.4 Å². The van der Waals surface area contributed by atoms with Gasteiger partial charge in [0, 0.05) is 29.3 Å². The monoisotopic (exact) mass is 420 g/mol.